The molecule has 1 unspecified atom stereocenters. The van der Waals surface area contributed by atoms with Crippen molar-refractivity contribution in [2.24, 2.45) is 0 Å². The minimum Gasteiger partial charge on any atom is -0.382 e. The summed E-state index contributed by atoms with van der Waals surface area (Å²) in [5.74, 6) is 0.945. The van der Waals surface area contributed by atoms with E-state index in [9.17, 15) is 0 Å². The molecule has 0 saturated carbocycles. The summed E-state index contributed by atoms with van der Waals surface area (Å²) >= 11 is 12.0. The summed E-state index contributed by atoms with van der Waals surface area (Å²) in [6.07, 6.45) is 3.67. The van der Waals surface area contributed by atoms with Crippen molar-refractivity contribution < 1.29 is 4.74 Å². The van der Waals surface area contributed by atoms with E-state index in [2.05, 4.69) is 4.98 Å². The van der Waals surface area contributed by atoms with Gasteiger partial charge in [0.05, 0.1) is 16.1 Å². The van der Waals surface area contributed by atoms with Crippen molar-refractivity contribution in [2.75, 3.05) is 30.8 Å². The molecule has 1 fully saturated rings. The number of likely N-dealkylation sites (N-methyl/N-ethyl adjacent to an activating group) is 1. The zero-order valence-electron chi connectivity index (χ0n) is 10.3. The number of aromatic nitrogens is 1. The maximum atomic E-state index is 6.13. The molecule has 1 aromatic heterocycles. The molecule has 0 aliphatic carbocycles. The van der Waals surface area contributed by atoms with Crippen LogP contribution in [0, 0.1) is 0 Å². The van der Waals surface area contributed by atoms with Gasteiger partial charge in [-0.1, -0.05) is 23.2 Å². The predicted octanol–water partition coefficient (Wildman–Crippen LogP) is 2.98. The van der Waals surface area contributed by atoms with Crippen LogP contribution in [-0.2, 0) is 4.74 Å². The molecule has 0 amide bonds. The van der Waals surface area contributed by atoms with Gasteiger partial charge in [-0.25, -0.2) is 4.98 Å². The fourth-order valence-corrected chi connectivity index (χ4v) is 2.58. The first kappa shape index (κ1) is 13.7. The number of nitrogens with zero attached hydrogens (tertiary/aromatic N) is 2. The third-order valence-corrected chi connectivity index (χ3v) is 3.63. The summed E-state index contributed by atoms with van der Waals surface area (Å²) in [6, 6.07) is 1.62. The Labute approximate surface area is 117 Å². The van der Waals surface area contributed by atoms with Crippen LogP contribution < -0.4 is 10.6 Å². The maximum absolute atomic E-state index is 6.13. The smallest absolute Gasteiger partial charge is 0.149 e. The monoisotopic (exact) mass is 289 g/mol. The first-order chi connectivity index (χ1) is 8.58. The second-order valence-electron chi connectivity index (χ2n) is 4.53. The lowest BCUT2D eigenvalue weighted by Gasteiger charge is -2.28. The second kappa shape index (κ2) is 5.95. The van der Waals surface area contributed by atoms with E-state index >= 15 is 0 Å². The van der Waals surface area contributed by atoms with E-state index in [1.807, 2.05) is 11.9 Å². The lowest BCUT2D eigenvalue weighted by atomic mass is 10.1. The minimum atomic E-state index is 0.235. The van der Waals surface area contributed by atoms with Crippen LogP contribution in [0.4, 0.5) is 11.6 Å². The number of hydrogen-bond donors (Lipinski definition) is 1. The van der Waals surface area contributed by atoms with E-state index in [4.69, 9.17) is 33.7 Å². The molecule has 2 rings (SSSR count). The average molecular weight is 290 g/mol. The number of rotatable bonds is 3. The normalized spacial score (nSPS) is 19.8. The molecule has 6 heteroatoms. The SMILES string of the molecule is CN(CC1CCCCO1)c1nc(N)c(Cl)cc1Cl. The highest BCUT2D eigenvalue weighted by atomic mass is 35.5. The molecule has 1 atom stereocenters. The highest BCUT2D eigenvalue weighted by molar-refractivity contribution is 6.37. The molecule has 0 spiro atoms. The number of anilines is 2. The first-order valence-corrected chi connectivity index (χ1v) is 6.78. The fourth-order valence-electron chi connectivity index (χ4n) is 2.08. The number of nitrogen functional groups attached to an aromatic ring is 1. The Morgan fingerprint density at radius 2 is 2.22 bits per heavy atom. The summed E-state index contributed by atoms with van der Waals surface area (Å²) in [6.45, 7) is 1.59. The lowest BCUT2D eigenvalue weighted by Crippen LogP contribution is -2.34. The summed E-state index contributed by atoms with van der Waals surface area (Å²) in [7, 11) is 1.93. The van der Waals surface area contributed by atoms with Crippen LogP contribution in [0.15, 0.2) is 6.07 Å². The van der Waals surface area contributed by atoms with E-state index in [1.165, 1.54) is 6.42 Å². The van der Waals surface area contributed by atoms with Crippen molar-refractivity contribution in [3.8, 4) is 0 Å². The van der Waals surface area contributed by atoms with E-state index in [1.54, 1.807) is 6.07 Å². The van der Waals surface area contributed by atoms with Crippen LogP contribution in [0.1, 0.15) is 19.3 Å². The van der Waals surface area contributed by atoms with Crippen LogP contribution in [0.2, 0.25) is 10.0 Å². The first-order valence-electron chi connectivity index (χ1n) is 6.02. The fraction of sp³-hybridized carbons (Fsp3) is 0.583. The van der Waals surface area contributed by atoms with Gasteiger partial charge in [0.15, 0.2) is 0 Å². The molecule has 0 aromatic carbocycles. The van der Waals surface area contributed by atoms with Gasteiger partial charge in [-0.15, -0.1) is 0 Å². The van der Waals surface area contributed by atoms with Crippen LogP contribution in [0.3, 0.4) is 0 Å². The zero-order valence-corrected chi connectivity index (χ0v) is 11.8. The summed E-state index contributed by atoms with van der Waals surface area (Å²) < 4.78 is 5.69. The Balaban J connectivity index is 2.08. The molecule has 0 bridgehead atoms. The molecule has 1 aromatic rings. The van der Waals surface area contributed by atoms with Crippen LogP contribution in [0.5, 0.6) is 0 Å². The molecular weight excluding hydrogens is 273 g/mol. The molecule has 18 heavy (non-hydrogen) atoms. The summed E-state index contributed by atoms with van der Waals surface area (Å²) in [5.41, 5.74) is 5.70. The van der Waals surface area contributed by atoms with Gasteiger partial charge in [0.2, 0.25) is 0 Å². The van der Waals surface area contributed by atoms with Crippen LogP contribution in [0.25, 0.3) is 0 Å². The molecule has 1 aliphatic rings. The zero-order chi connectivity index (χ0) is 13.1. The summed E-state index contributed by atoms with van der Waals surface area (Å²) in [4.78, 5) is 6.19. The van der Waals surface area contributed by atoms with Gasteiger partial charge in [-0.2, -0.15) is 0 Å². The molecule has 1 saturated heterocycles. The van der Waals surface area contributed by atoms with Gasteiger partial charge in [-0.05, 0) is 25.3 Å². The molecular formula is C12H17Cl2N3O. The van der Waals surface area contributed by atoms with E-state index in [0.717, 1.165) is 26.0 Å². The quantitative estimate of drug-likeness (QED) is 0.929. The van der Waals surface area contributed by atoms with Gasteiger partial charge in [0, 0.05) is 20.2 Å². The van der Waals surface area contributed by atoms with Crippen LogP contribution in [-0.4, -0.2) is 31.3 Å². The van der Waals surface area contributed by atoms with Crippen molar-refractivity contribution in [1.82, 2.24) is 4.98 Å². The van der Waals surface area contributed by atoms with E-state index in [0.29, 0.717) is 21.7 Å². The number of halogens is 2. The van der Waals surface area contributed by atoms with Gasteiger partial charge in [0.1, 0.15) is 11.6 Å². The highest BCUT2D eigenvalue weighted by Gasteiger charge is 2.18. The van der Waals surface area contributed by atoms with Crippen molar-refractivity contribution >= 4 is 34.8 Å². The van der Waals surface area contributed by atoms with Gasteiger partial charge < -0.3 is 15.4 Å². The van der Waals surface area contributed by atoms with Gasteiger partial charge >= 0.3 is 0 Å². The molecule has 2 N–H and O–H groups in total. The summed E-state index contributed by atoms with van der Waals surface area (Å²) in [5, 5.41) is 0.888. The Bertz CT molecular complexity index is 422. The standard InChI is InChI=1S/C12H17Cl2N3O/c1-17(7-8-4-2-3-5-18-8)12-10(14)6-9(13)11(15)16-12/h6,8H,2-5,7H2,1H3,(H2,15,16). The number of nitrogens with two attached hydrogens (primary N) is 1. The minimum absolute atomic E-state index is 0.235. The van der Waals surface area contributed by atoms with E-state index < -0.39 is 0 Å². The Morgan fingerprint density at radius 1 is 1.44 bits per heavy atom. The lowest BCUT2D eigenvalue weighted by molar-refractivity contribution is 0.0215. The second-order valence-corrected chi connectivity index (χ2v) is 5.34. The Kier molecular flexibility index (Phi) is 4.54. The molecule has 4 nitrogen and oxygen atoms in total. The van der Waals surface area contributed by atoms with Crippen molar-refractivity contribution in [1.29, 1.82) is 0 Å². The Hall–Kier alpha value is -0.710. The van der Waals surface area contributed by atoms with Crippen molar-refractivity contribution in [3.63, 3.8) is 0 Å². The number of ether oxygens (including phenoxy) is 1. The average Bonchev–Trinajstić information content (AvgIpc) is 2.35. The third kappa shape index (κ3) is 3.19. The predicted molar refractivity (Wildman–Crippen MR) is 75.5 cm³/mol. The van der Waals surface area contributed by atoms with Crippen LogP contribution >= 0.6 is 23.2 Å². The molecule has 2 heterocycles. The number of pyridine rings is 1. The molecule has 0 radical (unpaired) electrons. The van der Waals surface area contributed by atoms with Crippen molar-refractivity contribution in [3.05, 3.63) is 16.1 Å². The topological polar surface area (TPSA) is 51.4 Å². The largest absolute Gasteiger partial charge is 0.382 e. The van der Waals surface area contributed by atoms with Crippen molar-refractivity contribution in [2.45, 2.75) is 25.4 Å². The van der Waals surface area contributed by atoms with Gasteiger partial charge in [-0.3, -0.25) is 0 Å². The molecule has 1 aliphatic heterocycles. The number of hydrogen-bond acceptors (Lipinski definition) is 4. The highest BCUT2D eigenvalue weighted by Crippen LogP contribution is 2.30. The van der Waals surface area contributed by atoms with E-state index in [-0.39, 0.29) is 6.10 Å². The Morgan fingerprint density at radius 3 is 2.89 bits per heavy atom. The molecule has 100 valence electrons. The third-order valence-electron chi connectivity index (χ3n) is 3.05. The maximum Gasteiger partial charge on any atom is 0.149 e. The van der Waals surface area contributed by atoms with Gasteiger partial charge in [0.25, 0.3) is 0 Å².